The lowest BCUT2D eigenvalue weighted by atomic mass is 10.2. The normalized spacial score (nSPS) is 11.2. The Balaban J connectivity index is 2.01. The summed E-state index contributed by atoms with van der Waals surface area (Å²) in [6, 6.07) is 12.7. The van der Waals surface area contributed by atoms with Crippen LogP contribution in [-0.2, 0) is 6.61 Å². The second-order valence-electron chi connectivity index (χ2n) is 3.98. The molecule has 6 heteroatoms. The molecule has 0 aliphatic carbocycles. The molecule has 2 rings (SSSR count). The second-order valence-corrected chi connectivity index (χ2v) is 4.50. The third-order valence-corrected chi connectivity index (χ3v) is 2.63. The molecule has 0 saturated carbocycles. The van der Waals surface area contributed by atoms with Crippen molar-refractivity contribution in [3.8, 4) is 11.5 Å². The monoisotopic (exact) mass is 300 g/mol. The first-order chi connectivity index (χ1) is 9.42. The summed E-state index contributed by atoms with van der Waals surface area (Å²) in [4.78, 5) is 0.747. The van der Waals surface area contributed by atoms with Gasteiger partial charge in [0.25, 0.3) is 0 Å². The quantitative estimate of drug-likeness (QED) is 0.841. The molecule has 0 aliphatic rings. The van der Waals surface area contributed by atoms with Gasteiger partial charge in [0.15, 0.2) is 0 Å². The zero-order valence-corrected chi connectivity index (χ0v) is 11.1. The second kappa shape index (κ2) is 6.09. The van der Waals surface area contributed by atoms with E-state index < -0.39 is 6.36 Å². The van der Waals surface area contributed by atoms with Crippen molar-refractivity contribution >= 4 is 12.6 Å². The van der Waals surface area contributed by atoms with Gasteiger partial charge < -0.3 is 9.47 Å². The Hall–Kier alpha value is -1.82. The number of benzene rings is 2. The van der Waals surface area contributed by atoms with Crippen LogP contribution in [0.25, 0.3) is 0 Å². The first-order valence-electron chi connectivity index (χ1n) is 5.69. The molecule has 20 heavy (non-hydrogen) atoms. The van der Waals surface area contributed by atoms with Crippen molar-refractivity contribution in [3.05, 3.63) is 54.1 Å². The fourth-order valence-corrected chi connectivity index (χ4v) is 1.79. The van der Waals surface area contributed by atoms with Crippen LogP contribution in [0.1, 0.15) is 5.56 Å². The minimum atomic E-state index is -4.69. The van der Waals surface area contributed by atoms with Crippen LogP contribution in [0.5, 0.6) is 11.5 Å². The van der Waals surface area contributed by atoms with Gasteiger partial charge in [0.1, 0.15) is 18.1 Å². The first kappa shape index (κ1) is 14.6. The Labute approximate surface area is 119 Å². The zero-order valence-electron chi connectivity index (χ0n) is 10.2. The third-order valence-electron chi connectivity index (χ3n) is 2.36. The van der Waals surface area contributed by atoms with Gasteiger partial charge in [0.05, 0.1) is 0 Å². The summed E-state index contributed by atoms with van der Waals surface area (Å²) in [6.45, 7) is 0.145. The molecule has 0 atom stereocenters. The van der Waals surface area contributed by atoms with E-state index in [9.17, 15) is 13.2 Å². The van der Waals surface area contributed by atoms with E-state index in [0.717, 1.165) is 4.90 Å². The lowest BCUT2D eigenvalue weighted by molar-refractivity contribution is -0.274. The number of rotatable bonds is 4. The van der Waals surface area contributed by atoms with Crippen LogP contribution in [0.2, 0.25) is 0 Å². The van der Waals surface area contributed by atoms with Crippen LogP contribution in [0.3, 0.4) is 0 Å². The van der Waals surface area contributed by atoms with Gasteiger partial charge in [0.2, 0.25) is 0 Å². The minimum absolute atomic E-state index is 0.145. The molecule has 0 aromatic heterocycles. The maximum atomic E-state index is 12.1. The Bertz CT molecular complexity index is 585. The predicted octanol–water partition coefficient (Wildman–Crippen LogP) is 4.45. The topological polar surface area (TPSA) is 18.5 Å². The predicted molar refractivity (Wildman–Crippen MR) is 71.2 cm³/mol. The average Bonchev–Trinajstić information content (AvgIpc) is 2.35. The van der Waals surface area contributed by atoms with Gasteiger partial charge in [-0.15, -0.1) is 25.8 Å². The Kier molecular flexibility index (Phi) is 4.44. The number of halogens is 3. The number of thiol groups is 1. The number of hydrogen-bond donors (Lipinski definition) is 1. The fourth-order valence-electron chi connectivity index (χ4n) is 1.57. The molecule has 0 aliphatic heterocycles. The van der Waals surface area contributed by atoms with Crippen molar-refractivity contribution in [1.82, 2.24) is 0 Å². The van der Waals surface area contributed by atoms with Gasteiger partial charge in [-0.25, -0.2) is 0 Å². The smallest absolute Gasteiger partial charge is 0.489 e. The fraction of sp³-hybridized carbons (Fsp3) is 0.143. The van der Waals surface area contributed by atoms with Crippen LogP contribution in [-0.4, -0.2) is 6.36 Å². The van der Waals surface area contributed by atoms with E-state index in [1.54, 1.807) is 30.3 Å². The first-order valence-corrected chi connectivity index (χ1v) is 6.14. The average molecular weight is 300 g/mol. The molecule has 0 heterocycles. The molecule has 0 amide bonds. The maximum Gasteiger partial charge on any atom is 0.573 e. The summed E-state index contributed by atoms with van der Waals surface area (Å²) >= 11 is 4.17. The highest BCUT2D eigenvalue weighted by Gasteiger charge is 2.31. The van der Waals surface area contributed by atoms with Gasteiger partial charge in [-0.05, 0) is 35.9 Å². The molecule has 0 saturated heterocycles. The van der Waals surface area contributed by atoms with Crippen molar-refractivity contribution in [3.63, 3.8) is 0 Å². The van der Waals surface area contributed by atoms with E-state index in [1.807, 2.05) is 0 Å². The minimum Gasteiger partial charge on any atom is -0.489 e. The third kappa shape index (κ3) is 4.70. The standard InChI is InChI=1S/C14H11F3O2S/c15-14(16,17)19-12-5-1-3-10(7-12)9-18-11-4-2-6-13(20)8-11/h1-8,20H,9H2. The Morgan fingerprint density at radius 3 is 2.35 bits per heavy atom. The molecule has 0 N–H and O–H groups in total. The summed E-state index contributed by atoms with van der Waals surface area (Å²) in [6.07, 6.45) is -4.69. The van der Waals surface area contributed by atoms with Crippen molar-refractivity contribution < 1.29 is 22.6 Å². The van der Waals surface area contributed by atoms with E-state index in [4.69, 9.17) is 4.74 Å². The van der Waals surface area contributed by atoms with Crippen LogP contribution in [0, 0.1) is 0 Å². The highest BCUT2D eigenvalue weighted by molar-refractivity contribution is 7.80. The molecule has 0 radical (unpaired) electrons. The molecule has 2 aromatic carbocycles. The van der Waals surface area contributed by atoms with E-state index in [-0.39, 0.29) is 12.4 Å². The Morgan fingerprint density at radius 2 is 1.65 bits per heavy atom. The molecular weight excluding hydrogens is 289 g/mol. The van der Waals surface area contributed by atoms with Gasteiger partial charge in [-0.3, -0.25) is 0 Å². The zero-order chi connectivity index (χ0) is 14.6. The van der Waals surface area contributed by atoms with E-state index in [2.05, 4.69) is 17.4 Å². The number of alkyl halides is 3. The lowest BCUT2D eigenvalue weighted by Gasteiger charge is -2.11. The summed E-state index contributed by atoms with van der Waals surface area (Å²) in [5.41, 5.74) is 0.580. The number of ether oxygens (including phenoxy) is 2. The van der Waals surface area contributed by atoms with Crippen molar-refractivity contribution in [2.45, 2.75) is 17.9 Å². The van der Waals surface area contributed by atoms with Crippen molar-refractivity contribution in [2.24, 2.45) is 0 Å². The molecule has 0 spiro atoms. The summed E-state index contributed by atoms with van der Waals surface area (Å²) in [7, 11) is 0. The number of hydrogen-bond acceptors (Lipinski definition) is 3. The highest BCUT2D eigenvalue weighted by Crippen LogP contribution is 2.24. The van der Waals surface area contributed by atoms with Crippen LogP contribution >= 0.6 is 12.6 Å². The van der Waals surface area contributed by atoms with E-state index in [0.29, 0.717) is 11.3 Å². The van der Waals surface area contributed by atoms with Gasteiger partial charge in [0, 0.05) is 4.90 Å². The Morgan fingerprint density at radius 1 is 0.950 bits per heavy atom. The van der Waals surface area contributed by atoms with Crippen LogP contribution < -0.4 is 9.47 Å². The van der Waals surface area contributed by atoms with Crippen molar-refractivity contribution in [2.75, 3.05) is 0 Å². The summed E-state index contributed by atoms with van der Waals surface area (Å²) < 4.78 is 45.6. The van der Waals surface area contributed by atoms with E-state index in [1.165, 1.54) is 18.2 Å². The molecule has 0 unspecified atom stereocenters. The highest BCUT2D eigenvalue weighted by atomic mass is 32.1. The molecule has 0 bridgehead atoms. The SMILES string of the molecule is FC(F)(F)Oc1cccc(COc2cccc(S)c2)c1. The van der Waals surface area contributed by atoms with Crippen LogP contribution in [0.15, 0.2) is 53.4 Å². The maximum absolute atomic E-state index is 12.1. The van der Waals surface area contributed by atoms with Crippen molar-refractivity contribution in [1.29, 1.82) is 0 Å². The largest absolute Gasteiger partial charge is 0.573 e. The van der Waals surface area contributed by atoms with Gasteiger partial charge in [-0.2, -0.15) is 0 Å². The van der Waals surface area contributed by atoms with Gasteiger partial charge >= 0.3 is 6.36 Å². The summed E-state index contributed by atoms with van der Waals surface area (Å²) in [5, 5.41) is 0. The van der Waals surface area contributed by atoms with Crippen LogP contribution in [0.4, 0.5) is 13.2 Å². The molecule has 2 aromatic rings. The molecular formula is C14H11F3O2S. The molecule has 2 nitrogen and oxygen atoms in total. The van der Waals surface area contributed by atoms with Gasteiger partial charge in [-0.1, -0.05) is 18.2 Å². The molecule has 0 fully saturated rings. The van der Waals surface area contributed by atoms with E-state index >= 15 is 0 Å². The lowest BCUT2D eigenvalue weighted by Crippen LogP contribution is -2.17. The molecule has 106 valence electrons. The summed E-state index contributed by atoms with van der Waals surface area (Å²) in [5.74, 6) is 0.334.